The van der Waals surface area contributed by atoms with Crippen LogP contribution in [-0.2, 0) is 6.54 Å². The summed E-state index contributed by atoms with van der Waals surface area (Å²) >= 11 is 0. The van der Waals surface area contributed by atoms with Crippen LogP contribution in [0.15, 0.2) is 40.9 Å². The van der Waals surface area contributed by atoms with E-state index in [1.54, 1.807) is 0 Å². The fourth-order valence-corrected chi connectivity index (χ4v) is 2.78. The van der Waals surface area contributed by atoms with E-state index in [2.05, 4.69) is 16.8 Å². The Morgan fingerprint density at radius 3 is 2.90 bits per heavy atom. The summed E-state index contributed by atoms with van der Waals surface area (Å²) < 4.78 is 5.86. The molecule has 1 saturated heterocycles. The van der Waals surface area contributed by atoms with Gasteiger partial charge in [0.1, 0.15) is 0 Å². The minimum atomic E-state index is 0.339. The van der Waals surface area contributed by atoms with Crippen molar-refractivity contribution >= 4 is 0 Å². The number of benzene rings is 1. The Morgan fingerprint density at radius 2 is 2.15 bits per heavy atom. The Bertz CT molecular complexity index is 552. The zero-order valence-electron chi connectivity index (χ0n) is 11.8. The highest BCUT2D eigenvalue weighted by atomic mass is 16.4. The largest absolute Gasteiger partial charge is 0.439 e. The van der Waals surface area contributed by atoms with Crippen LogP contribution < -0.4 is 5.73 Å². The first-order valence-corrected chi connectivity index (χ1v) is 7.22. The summed E-state index contributed by atoms with van der Waals surface area (Å²) in [6, 6.07) is 10.9. The molecule has 1 aromatic heterocycles. The van der Waals surface area contributed by atoms with Gasteiger partial charge in [0.05, 0.1) is 12.7 Å². The van der Waals surface area contributed by atoms with Gasteiger partial charge in [-0.05, 0) is 19.8 Å². The molecule has 2 unspecified atom stereocenters. The first-order chi connectivity index (χ1) is 9.72. The summed E-state index contributed by atoms with van der Waals surface area (Å²) in [6.07, 6.45) is 3.91. The second-order valence-corrected chi connectivity index (χ2v) is 5.59. The van der Waals surface area contributed by atoms with Crippen molar-refractivity contribution in [2.45, 2.75) is 38.4 Å². The molecule has 2 aromatic rings. The van der Waals surface area contributed by atoms with Gasteiger partial charge in [0, 0.05) is 24.2 Å². The summed E-state index contributed by atoms with van der Waals surface area (Å²) in [7, 11) is 0. The van der Waals surface area contributed by atoms with Crippen molar-refractivity contribution in [2.24, 2.45) is 5.73 Å². The molecule has 1 aromatic carbocycles. The highest BCUT2D eigenvalue weighted by Gasteiger charge is 2.24. The second-order valence-electron chi connectivity index (χ2n) is 5.59. The Kier molecular flexibility index (Phi) is 3.85. The van der Waals surface area contributed by atoms with Crippen molar-refractivity contribution in [1.29, 1.82) is 0 Å². The van der Waals surface area contributed by atoms with Gasteiger partial charge in [-0.15, -0.1) is 0 Å². The number of likely N-dealkylation sites (tertiary alicyclic amines) is 1. The second kappa shape index (κ2) is 5.77. The van der Waals surface area contributed by atoms with Gasteiger partial charge in [-0.25, -0.2) is 4.98 Å². The molecule has 0 amide bonds. The third kappa shape index (κ3) is 2.92. The van der Waals surface area contributed by atoms with Crippen LogP contribution in [0.3, 0.4) is 0 Å². The molecule has 1 aliphatic rings. The van der Waals surface area contributed by atoms with E-state index in [1.807, 2.05) is 36.5 Å². The molecule has 1 fully saturated rings. The van der Waals surface area contributed by atoms with Crippen molar-refractivity contribution < 1.29 is 4.42 Å². The molecule has 3 rings (SSSR count). The normalized spacial score (nSPS) is 23.9. The van der Waals surface area contributed by atoms with Crippen molar-refractivity contribution in [2.75, 3.05) is 6.54 Å². The Balaban J connectivity index is 1.69. The minimum absolute atomic E-state index is 0.339. The van der Waals surface area contributed by atoms with E-state index < -0.39 is 0 Å². The van der Waals surface area contributed by atoms with E-state index in [0.29, 0.717) is 12.1 Å². The SMILES string of the molecule is CC1CC(N)CCN1Cc1ncc(-c2ccccc2)o1. The molecular formula is C16H21N3O. The highest BCUT2D eigenvalue weighted by Crippen LogP contribution is 2.22. The van der Waals surface area contributed by atoms with E-state index in [0.717, 1.165) is 43.1 Å². The molecular weight excluding hydrogens is 250 g/mol. The topological polar surface area (TPSA) is 55.3 Å². The Hall–Kier alpha value is -1.65. The molecule has 4 nitrogen and oxygen atoms in total. The zero-order chi connectivity index (χ0) is 13.9. The molecule has 2 heterocycles. The lowest BCUT2D eigenvalue weighted by molar-refractivity contribution is 0.128. The van der Waals surface area contributed by atoms with Crippen LogP contribution >= 0.6 is 0 Å². The fourth-order valence-electron chi connectivity index (χ4n) is 2.78. The number of hydrogen-bond donors (Lipinski definition) is 1. The molecule has 106 valence electrons. The molecule has 0 radical (unpaired) electrons. The minimum Gasteiger partial charge on any atom is -0.439 e. The third-order valence-corrected chi connectivity index (χ3v) is 4.00. The maximum Gasteiger partial charge on any atom is 0.209 e. The van der Waals surface area contributed by atoms with Gasteiger partial charge in [-0.1, -0.05) is 30.3 Å². The number of hydrogen-bond acceptors (Lipinski definition) is 4. The van der Waals surface area contributed by atoms with Crippen molar-refractivity contribution in [1.82, 2.24) is 9.88 Å². The van der Waals surface area contributed by atoms with E-state index in [1.165, 1.54) is 0 Å². The average molecular weight is 271 g/mol. The van der Waals surface area contributed by atoms with Gasteiger partial charge >= 0.3 is 0 Å². The first-order valence-electron chi connectivity index (χ1n) is 7.22. The van der Waals surface area contributed by atoms with Gasteiger partial charge < -0.3 is 10.2 Å². The lowest BCUT2D eigenvalue weighted by Gasteiger charge is -2.35. The van der Waals surface area contributed by atoms with Gasteiger partial charge in [0.25, 0.3) is 0 Å². The predicted molar refractivity (Wildman–Crippen MR) is 79.0 cm³/mol. The first kappa shape index (κ1) is 13.3. The highest BCUT2D eigenvalue weighted by molar-refractivity contribution is 5.55. The standard InChI is InChI=1S/C16H21N3O/c1-12-9-14(17)7-8-19(12)11-16-18-10-15(20-16)13-5-3-2-4-6-13/h2-6,10,12,14H,7-9,11,17H2,1H3. The lowest BCUT2D eigenvalue weighted by atomic mass is 9.99. The van der Waals surface area contributed by atoms with Gasteiger partial charge in [-0.3, -0.25) is 4.90 Å². The molecule has 0 bridgehead atoms. The van der Waals surface area contributed by atoms with Crippen molar-refractivity contribution in [3.05, 3.63) is 42.4 Å². The van der Waals surface area contributed by atoms with Crippen LogP contribution in [0.5, 0.6) is 0 Å². The van der Waals surface area contributed by atoms with E-state index in [4.69, 9.17) is 10.2 Å². The summed E-state index contributed by atoms with van der Waals surface area (Å²) in [5.41, 5.74) is 7.06. The van der Waals surface area contributed by atoms with E-state index in [9.17, 15) is 0 Å². The van der Waals surface area contributed by atoms with Crippen molar-refractivity contribution in [3.63, 3.8) is 0 Å². The molecule has 2 atom stereocenters. The molecule has 2 N–H and O–H groups in total. The van der Waals surface area contributed by atoms with Gasteiger partial charge in [0.2, 0.25) is 5.89 Å². The van der Waals surface area contributed by atoms with E-state index >= 15 is 0 Å². The molecule has 0 spiro atoms. The number of piperidine rings is 1. The van der Waals surface area contributed by atoms with Crippen LogP contribution in [-0.4, -0.2) is 28.5 Å². The average Bonchev–Trinajstić information content (AvgIpc) is 2.92. The third-order valence-electron chi connectivity index (χ3n) is 4.00. The molecule has 20 heavy (non-hydrogen) atoms. The molecule has 0 saturated carbocycles. The molecule has 0 aliphatic carbocycles. The van der Waals surface area contributed by atoms with Crippen molar-refractivity contribution in [3.8, 4) is 11.3 Å². The van der Waals surface area contributed by atoms with E-state index in [-0.39, 0.29) is 0 Å². The number of oxazole rings is 1. The summed E-state index contributed by atoms with van der Waals surface area (Å²) in [5.74, 6) is 1.62. The van der Waals surface area contributed by atoms with Crippen LogP contribution in [0.1, 0.15) is 25.7 Å². The number of nitrogens with two attached hydrogens (primary N) is 1. The fraction of sp³-hybridized carbons (Fsp3) is 0.438. The van der Waals surface area contributed by atoms with Gasteiger partial charge in [0.15, 0.2) is 5.76 Å². The lowest BCUT2D eigenvalue weighted by Crippen LogP contribution is -2.45. The van der Waals surface area contributed by atoms with Crippen LogP contribution in [0.25, 0.3) is 11.3 Å². The number of aromatic nitrogens is 1. The number of rotatable bonds is 3. The maximum atomic E-state index is 6.00. The quantitative estimate of drug-likeness (QED) is 0.932. The van der Waals surface area contributed by atoms with Gasteiger partial charge in [-0.2, -0.15) is 0 Å². The number of nitrogens with zero attached hydrogens (tertiary/aromatic N) is 2. The van der Waals surface area contributed by atoms with Crippen LogP contribution in [0, 0.1) is 0 Å². The van der Waals surface area contributed by atoms with Crippen LogP contribution in [0.2, 0.25) is 0 Å². The monoisotopic (exact) mass is 271 g/mol. The molecule has 4 heteroatoms. The maximum absolute atomic E-state index is 6.00. The summed E-state index contributed by atoms with van der Waals surface area (Å²) in [4.78, 5) is 6.79. The van der Waals surface area contributed by atoms with Crippen LogP contribution in [0.4, 0.5) is 0 Å². The predicted octanol–water partition coefficient (Wildman–Crippen LogP) is 2.65. The molecule has 1 aliphatic heterocycles. The zero-order valence-corrected chi connectivity index (χ0v) is 11.8. The summed E-state index contributed by atoms with van der Waals surface area (Å²) in [6.45, 7) is 4.01. The Morgan fingerprint density at radius 1 is 1.35 bits per heavy atom. The summed E-state index contributed by atoms with van der Waals surface area (Å²) in [5, 5.41) is 0. The Labute approximate surface area is 119 Å². The smallest absolute Gasteiger partial charge is 0.209 e.